The molecule has 1 heterocycles. The van der Waals surface area contributed by atoms with Crippen LogP contribution in [0.1, 0.15) is 64.0 Å². The van der Waals surface area contributed by atoms with Crippen molar-refractivity contribution in [3.63, 3.8) is 0 Å². The Morgan fingerprint density at radius 3 is 2.36 bits per heavy atom. The van der Waals surface area contributed by atoms with Crippen molar-refractivity contribution in [1.29, 1.82) is 0 Å². The van der Waals surface area contributed by atoms with E-state index in [2.05, 4.69) is 50.8 Å². The van der Waals surface area contributed by atoms with Crippen LogP contribution in [0.15, 0.2) is 18.2 Å². The standard InChI is InChI=1S/C20H33NO/c1-5-6-7-8-9-10-19-11-12-20(13-16(19)2)21-14-17(3)22-18(4)15-21/h11-13,17-18H,5-10,14-15H2,1-4H3/t17-,18+. The maximum absolute atomic E-state index is 5.84. The number of ether oxygens (including phenoxy) is 1. The summed E-state index contributed by atoms with van der Waals surface area (Å²) >= 11 is 0. The summed E-state index contributed by atoms with van der Waals surface area (Å²) in [6, 6.07) is 7.01. The van der Waals surface area contributed by atoms with Gasteiger partial charge in [0.2, 0.25) is 0 Å². The highest BCUT2D eigenvalue weighted by Gasteiger charge is 2.22. The van der Waals surface area contributed by atoms with Gasteiger partial charge in [-0.05, 0) is 56.9 Å². The minimum absolute atomic E-state index is 0.322. The zero-order valence-corrected chi connectivity index (χ0v) is 14.9. The van der Waals surface area contributed by atoms with Gasteiger partial charge in [-0.3, -0.25) is 0 Å². The molecule has 0 saturated carbocycles. The third kappa shape index (κ3) is 5.01. The molecule has 0 radical (unpaired) electrons. The van der Waals surface area contributed by atoms with E-state index in [-0.39, 0.29) is 0 Å². The SMILES string of the molecule is CCCCCCCc1ccc(N2C[C@@H](C)O[C@@H](C)C2)cc1C. The van der Waals surface area contributed by atoms with Gasteiger partial charge in [-0.2, -0.15) is 0 Å². The van der Waals surface area contributed by atoms with Crippen LogP contribution in [0.4, 0.5) is 5.69 Å². The Kier molecular flexibility index (Phi) is 6.75. The van der Waals surface area contributed by atoms with E-state index in [1.54, 1.807) is 0 Å². The van der Waals surface area contributed by atoms with Crippen LogP contribution in [0.3, 0.4) is 0 Å². The molecule has 2 nitrogen and oxygen atoms in total. The first-order valence-corrected chi connectivity index (χ1v) is 9.10. The minimum atomic E-state index is 0.322. The number of rotatable bonds is 7. The molecule has 1 aromatic carbocycles. The summed E-state index contributed by atoms with van der Waals surface area (Å²) in [7, 11) is 0. The highest BCUT2D eigenvalue weighted by molar-refractivity contribution is 5.51. The summed E-state index contributed by atoms with van der Waals surface area (Å²) in [5, 5.41) is 0. The first kappa shape index (κ1) is 17.3. The fraction of sp³-hybridized carbons (Fsp3) is 0.700. The van der Waals surface area contributed by atoms with E-state index in [0.29, 0.717) is 12.2 Å². The molecular weight excluding hydrogens is 270 g/mol. The first-order valence-electron chi connectivity index (χ1n) is 9.10. The van der Waals surface area contributed by atoms with Gasteiger partial charge in [0.05, 0.1) is 12.2 Å². The fourth-order valence-corrected chi connectivity index (χ4v) is 3.46. The maximum Gasteiger partial charge on any atom is 0.0726 e. The zero-order valence-electron chi connectivity index (χ0n) is 14.9. The van der Waals surface area contributed by atoms with Crippen molar-refractivity contribution in [3.8, 4) is 0 Å². The van der Waals surface area contributed by atoms with E-state index >= 15 is 0 Å². The number of hydrogen-bond donors (Lipinski definition) is 0. The van der Waals surface area contributed by atoms with E-state index in [1.807, 2.05) is 0 Å². The number of aryl methyl sites for hydroxylation is 2. The van der Waals surface area contributed by atoms with Gasteiger partial charge in [-0.25, -0.2) is 0 Å². The second-order valence-electron chi connectivity index (χ2n) is 6.94. The van der Waals surface area contributed by atoms with Gasteiger partial charge in [0.15, 0.2) is 0 Å². The van der Waals surface area contributed by atoms with Gasteiger partial charge in [0.1, 0.15) is 0 Å². The summed E-state index contributed by atoms with van der Waals surface area (Å²) in [5.74, 6) is 0. The van der Waals surface area contributed by atoms with E-state index in [9.17, 15) is 0 Å². The molecule has 22 heavy (non-hydrogen) atoms. The molecule has 1 aliphatic heterocycles. The monoisotopic (exact) mass is 303 g/mol. The van der Waals surface area contributed by atoms with Gasteiger partial charge < -0.3 is 9.64 Å². The van der Waals surface area contributed by atoms with Crippen molar-refractivity contribution >= 4 is 5.69 Å². The number of hydrogen-bond acceptors (Lipinski definition) is 2. The normalized spacial score (nSPS) is 22.1. The molecule has 2 atom stereocenters. The Morgan fingerprint density at radius 1 is 1.05 bits per heavy atom. The van der Waals surface area contributed by atoms with Crippen LogP contribution in [0.5, 0.6) is 0 Å². The molecule has 0 spiro atoms. The predicted molar refractivity (Wildman–Crippen MR) is 95.9 cm³/mol. The molecule has 0 aromatic heterocycles. The predicted octanol–water partition coefficient (Wildman–Crippen LogP) is 5.12. The molecule has 2 heteroatoms. The maximum atomic E-state index is 5.84. The molecule has 0 N–H and O–H groups in total. The molecular formula is C20H33NO. The highest BCUT2D eigenvalue weighted by atomic mass is 16.5. The lowest BCUT2D eigenvalue weighted by Gasteiger charge is -2.37. The second kappa shape index (κ2) is 8.57. The summed E-state index contributed by atoms with van der Waals surface area (Å²) in [6.45, 7) is 10.9. The van der Waals surface area contributed by atoms with Crippen LogP contribution in [0.2, 0.25) is 0 Å². The molecule has 0 aliphatic carbocycles. The van der Waals surface area contributed by atoms with Gasteiger partial charge in [-0.1, -0.05) is 38.7 Å². The number of unbranched alkanes of at least 4 members (excludes halogenated alkanes) is 4. The van der Waals surface area contributed by atoms with Crippen LogP contribution in [-0.4, -0.2) is 25.3 Å². The molecule has 0 bridgehead atoms. The number of anilines is 1. The lowest BCUT2D eigenvalue weighted by molar-refractivity contribution is -0.00522. The molecule has 1 fully saturated rings. The van der Waals surface area contributed by atoms with Crippen LogP contribution in [-0.2, 0) is 11.2 Å². The van der Waals surface area contributed by atoms with Gasteiger partial charge >= 0.3 is 0 Å². The molecule has 2 rings (SSSR count). The van der Waals surface area contributed by atoms with Crippen LogP contribution < -0.4 is 4.90 Å². The van der Waals surface area contributed by atoms with Crippen LogP contribution in [0.25, 0.3) is 0 Å². The zero-order chi connectivity index (χ0) is 15.9. The van der Waals surface area contributed by atoms with Crippen molar-refractivity contribution in [2.24, 2.45) is 0 Å². The summed E-state index contributed by atoms with van der Waals surface area (Å²) < 4.78 is 5.84. The van der Waals surface area contributed by atoms with Gasteiger partial charge in [0, 0.05) is 18.8 Å². The molecule has 1 saturated heterocycles. The van der Waals surface area contributed by atoms with E-state index in [1.165, 1.54) is 55.3 Å². The Bertz CT molecular complexity index is 447. The van der Waals surface area contributed by atoms with E-state index < -0.39 is 0 Å². The molecule has 0 amide bonds. The summed E-state index contributed by atoms with van der Waals surface area (Å²) in [4.78, 5) is 2.47. The smallest absolute Gasteiger partial charge is 0.0726 e. The average Bonchev–Trinajstić information content (AvgIpc) is 2.47. The fourth-order valence-electron chi connectivity index (χ4n) is 3.46. The Labute approximate surface area is 136 Å². The number of morpholine rings is 1. The lowest BCUT2D eigenvalue weighted by Crippen LogP contribution is -2.45. The van der Waals surface area contributed by atoms with Crippen LogP contribution in [0, 0.1) is 6.92 Å². The molecule has 1 aliphatic rings. The topological polar surface area (TPSA) is 12.5 Å². The quantitative estimate of drug-likeness (QED) is 0.648. The van der Waals surface area contributed by atoms with E-state index in [0.717, 1.165) is 13.1 Å². The van der Waals surface area contributed by atoms with Crippen molar-refractivity contribution in [3.05, 3.63) is 29.3 Å². The van der Waals surface area contributed by atoms with E-state index in [4.69, 9.17) is 4.74 Å². The minimum Gasteiger partial charge on any atom is -0.372 e. The second-order valence-corrected chi connectivity index (χ2v) is 6.94. The lowest BCUT2D eigenvalue weighted by atomic mass is 10.0. The third-order valence-corrected chi connectivity index (χ3v) is 4.66. The van der Waals surface area contributed by atoms with Crippen molar-refractivity contribution < 1.29 is 4.74 Å². The van der Waals surface area contributed by atoms with Gasteiger partial charge in [-0.15, -0.1) is 0 Å². The Balaban J connectivity index is 1.91. The van der Waals surface area contributed by atoms with Crippen molar-refractivity contribution in [2.45, 2.75) is 78.4 Å². The van der Waals surface area contributed by atoms with Gasteiger partial charge in [0.25, 0.3) is 0 Å². The number of nitrogens with zero attached hydrogens (tertiary/aromatic N) is 1. The molecule has 1 aromatic rings. The third-order valence-electron chi connectivity index (χ3n) is 4.66. The summed E-state index contributed by atoms with van der Waals surface area (Å²) in [5.41, 5.74) is 4.32. The largest absolute Gasteiger partial charge is 0.372 e. The average molecular weight is 303 g/mol. The van der Waals surface area contributed by atoms with Crippen molar-refractivity contribution in [1.82, 2.24) is 0 Å². The highest BCUT2D eigenvalue weighted by Crippen LogP contribution is 2.24. The van der Waals surface area contributed by atoms with Crippen LogP contribution >= 0.6 is 0 Å². The molecule has 124 valence electrons. The first-order chi connectivity index (χ1) is 10.6. The number of benzene rings is 1. The summed E-state index contributed by atoms with van der Waals surface area (Å²) in [6.07, 6.45) is 8.65. The Morgan fingerprint density at radius 2 is 1.73 bits per heavy atom. The Hall–Kier alpha value is -1.02. The van der Waals surface area contributed by atoms with Crippen molar-refractivity contribution in [2.75, 3.05) is 18.0 Å². The molecule has 0 unspecified atom stereocenters.